The summed E-state index contributed by atoms with van der Waals surface area (Å²) < 4.78 is 13.9. The predicted molar refractivity (Wildman–Crippen MR) is 99.7 cm³/mol. The van der Waals surface area contributed by atoms with Crippen LogP contribution in [0.4, 0.5) is 15.8 Å². The van der Waals surface area contributed by atoms with Crippen LogP contribution >= 0.6 is 11.6 Å². The maximum absolute atomic E-state index is 13.9. The Hall–Kier alpha value is -2.11. The van der Waals surface area contributed by atoms with Crippen LogP contribution in [-0.4, -0.2) is 43.0 Å². The van der Waals surface area contributed by atoms with Gasteiger partial charge in [0.2, 0.25) is 5.91 Å². The van der Waals surface area contributed by atoms with E-state index in [-0.39, 0.29) is 17.8 Å². The van der Waals surface area contributed by atoms with E-state index in [0.29, 0.717) is 36.9 Å². The van der Waals surface area contributed by atoms with Crippen molar-refractivity contribution in [3.8, 4) is 0 Å². The van der Waals surface area contributed by atoms with Gasteiger partial charge in [0.25, 0.3) is 0 Å². The van der Waals surface area contributed by atoms with Crippen molar-refractivity contribution in [2.75, 3.05) is 36.4 Å². The van der Waals surface area contributed by atoms with Crippen LogP contribution < -0.4 is 10.2 Å². The molecule has 0 bridgehead atoms. The molecular formula is C19H21ClFN3O. The highest BCUT2D eigenvalue weighted by Gasteiger charge is 2.26. The van der Waals surface area contributed by atoms with Gasteiger partial charge in [-0.1, -0.05) is 23.7 Å². The van der Waals surface area contributed by atoms with Crippen molar-refractivity contribution in [1.29, 1.82) is 0 Å². The number of nitrogens with one attached hydrogen (secondary N) is 1. The molecule has 3 rings (SSSR count). The number of benzene rings is 2. The second-order valence-electron chi connectivity index (χ2n) is 6.15. The highest BCUT2D eigenvalue weighted by molar-refractivity contribution is 6.30. The zero-order valence-electron chi connectivity index (χ0n) is 14.1. The van der Waals surface area contributed by atoms with Crippen LogP contribution in [0.2, 0.25) is 5.02 Å². The molecule has 1 N–H and O–H groups in total. The molecule has 1 heterocycles. The quantitative estimate of drug-likeness (QED) is 0.903. The van der Waals surface area contributed by atoms with Gasteiger partial charge in [0, 0.05) is 36.9 Å². The molecule has 0 aliphatic carbocycles. The third kappa shape index (κ3) is 4.30. The zero-order valence-corrected chi connectivity index (χ0v) is 14.8. The molecule has 1 fully saturated rings. The van der Waals surface area contributed by atoms with Crippen LogP contribution in [0.3, 0.4) is 0 Å². The fraction of sp³-hybridized carbons (Fsp3) is 0.316. The van der Waals surface area contributed by atoms with Gasteiger partial charge < -0.3 is 10.2 Å². The number of piperazine rings is 1. The monoisotopic (exact) mass is 361 g/mol. The average Bonchev–Trinajstić information content (AvgIpc) is 2.63. The molecule has 1 aliphatic rings. The number of anilines is 2. The van der Waals surface area contributed by atoms with Crippen molar-refractivity contribution >= 4 is 28.9 Å². The SMILES string of the molecule is CC(C(=O)Nc1ccc(Cl)cc1)N1CCN(c2ccccc2F)CC1. The Morgan fingerprint density at radius 3 is 2.36 bits per heavy atom. The molecule has 1 unspecified atom stereocenters. The van der Waals surface area contributed by atoms with E-state index in [1.807, 2.05) is 17.9 Å². The Morgan fingerprint density at radius 2 is 1.72 bits per heavy atom. The fourth-order valence-corrected chi connectivity index (χ4v) is 3.13. The van der Waals surface area contributed by atoms with Gasteiger partial charge in [-0.2, -0.15) is 0 Å². The summed E-state index contributed by atoms with van der Waals surface area (Å²) >= 11 is 5.86. The van der Waals surface area contributed by atoms with Crippen molar-refractivity contribution in [2.24, 2.45) is 0 Å². The van der Waals surface area contributed by atoms with Gasteiger partial charge in [-0.25, -0.2) is 4.39 Å². The van der Waals surface area contributed by atoms with Crippen molar-refractivity contribution in [2.45, 2.75) is 13.0 Å². The molecule has 0 radical (unpaired) electrons. The number of rotatable bonds is 4. The molecule has 1 amide bonds. The van der Waals surface area contributed by atoms with Crippen LogP contribution in [0.15, 0.2) is 48.5 Å². The summed E-state index contributed by atoms with van der Waals surface area (Å²) in [5.74, 6) is -0.258. The summed E-state index contributed by atoms with van der Waals surface area (Å²) in [6.07, 6.45) is 0. The van der Waals surface area contributed by atoms with Crippen molar-refractivity contribution in [1.82, 2.24) is 4.90 Å². The third-order valence-electron chi connectivity index (χ3n) is 4.55. The van der Waals surface area contributed by atoms with Gasteiger partial charge in [-0.3, -0.25) is 9.69 Å². The van der Waals surface area contributed by atoms with Crippen LogP contribution in [0, 0.1) is 5.82 Å². The maximum atomic E-state index is 13.9. The molecule has 1 atom stereocenters. The first-order valence-electron chi connectivity index (χ1n) is 8.34. The molecule has 1 aliphatic heterocycles. The van der Waals surface area contributed by atoms with Gasteiger partial charge in [0.1, 0.15) is 5.82 Å². The van der Waals surface area contributed by atoms with Crippen LogP contribution in [0.5, 0.6) is 0 Å². The van der Waals surface area contributed by atoms with Crippen LogP contribution in [0.25, 0.3) is 0 Å². The summed E-state index contributed by atoms with van der Waals surface area (Å²) in [6, 6.07) is 13.6. The Bertz CT molecular complexity index is 730. The first-order valence-corrected chi connectivity index (χ1v) is 8.72. The van der Waals surface area contributed by atoms with Gasteiger partial charge in [-0.05, 0) is 43.3 Å². The third-order valence-corrected chi connectivity index (χ3v) is 4.80. The van der Waals surface area contributed by atoms with Gasteiger partial charge >= 0.3 is 0 Å². The normalized spacial score (nSPS) is 16.5. The molecule has 2 aromatic carbocycles. The van der Waals surface area contributed by atoms with Crippen molar-refractivity contribution < 1.29 is 9.18 Å². The van der Waals surface area contributed by atoms with E-state index in [0.717, 1.165) is 5.69 Å². The second-order valence-corrected chi connectivity index (χ2v) is 6.58. The summed E-state index contributed by atoms with van der Waals surface area (Å²) in [7, 11) is 0. The standard InChI is InChI=1S/C19H21ClFN3O/c1-14(19(25)22-16-8-6-15(20)7-9-16)23-10-12-24(13-11-23)18-5-3-2-4-17(18)21/h2-9,14H,10-13H2,1H3,(H,22,25). The molecule has 25 heavy (non-hydrogen) atoms. The van der Waals surface area contributed by atoms with E-state index in [4.69, 9.17) is 11.6 Å². The summed E-state index contributed by atoms with van der Waals surface area (Å²) in [5, 5.41) is 3.54. The fourth-order valence-electron chi connectivity index (χ4n) is 3.00. The number of para-hydroxylation sites is 1. The lowest BCUT2D eigenvalue weighted by Crippen LogP contribution is -2.53. The number of carbonyl (C=O) groups excluding carboxylic acids is 1. The Kier molecular flexibility index (Phi) is 5.56. The largest absolute Gasteiger partial charge is 0.367 e. The first kappa shape index (κ1) is 17.7. The lowest BCUT2D eigenvalue weighted by molar-refractivity contribution is -0.120. The Labute approximate surface area is 152 Å². The van der Waals surface area contributed by atoms with E-state index >= 15 is 0 Å². The smallest absolute Gasteiger partial charge is 0.241 e. The minimum atomic E-state index is -0.251. The summed E-state index contributed by atoms with van der Waals surface area (Å²) in [6.45, 7) is 4.70. The number of hydrogen-bond acceptors (Lipinski definition) is 3. The molecule has 1 saturated heterocycles. The molecule has 6 heteroatoms. The molecular weight excluding hydrogens is 341 g/mol. The minimum Gasteiger partial charge on any atom is -0.367 e. The molecule has 0 saturated carbocycles. The lowest BCUT2D eigenvalue weighted by atomic mass is 10.2. The average molecular weight is 362 g/mol. The number of nitrogens with zero attached hydrogens (tertiary/aromatic N) is 2. The molecule has 0 aromatic heterocycles. The van der Waals surface area contributed by atoms with Crippen LogP contribution in [-0.2, 0) is 4.79 Å². The predicted octanol–water partition coefficient (Wildman–Crippen LogP) is 3.63. The number of halogens is 2. The van der Waals surface area contributed by atoms with E-state index < -0.39 is 0 Å². The summed E-state index contributed by atoms with van der Waals surface area (Å²) in [4.78, 5) is 16.6. The summed E-state index contributed by atoms with van der Waals surface area (Å²) in [5.41, 5.74) is 1.35. The number of hydrogen-bond donors (Lipinski definition) is 1. The molecule has 2 aromatic rings. The first-order chi connectivity index (χ1) is 12.0. The Morgan fingerprint density at radius 1 is 1.08 bits per heavy atom. The van der Waals surface area contributed by atoms with Gasteiger partial charge in [0.15, 0.2) is 0 Å². The van der Waals surface area contributed by atoms with Crippen LogP contribution in [0.1, 0.15) is 6.92 Å². The minimum absolute atomic E-state index is 0.0540. The molecule has 4 nitrogen and oxygen atoms in total. The topological polar surface area (TPSA) is 35.6 Å². The Balaban J connectivity index is 1.56. The van der Waals surface area contributed by atoms with Crippen molar-refractivity contribution in [3.63, 3.8) is 0 Å². The van der Waals surface area contributed by atoms with E-state index in [9.17, 15) is 9.18 Å². The number of amides is 1. The molecule has 0 spiro atoms. The second kappa shape index (κ2) is 7.85. The number of carbonyl (C=O) groups is 1. The zero-order chi connectivity index (χ0) is 17.8. The molecule has 132 valence electrons. The highest BCUT2D eigenvalue weighted by atomic mass is 35.5. The van der Waals surface area contributed by atoms with Gasteiger partial charge in [0.05, 0.1) is 11.7 Å². The lowest BCUT2D eigenvalue weighted by Gasteiger charge is -2.38. The van der Waals surface area contributed by atoms with Crippen molar-refractivity contribution in [3.05, 3.63) is 59.4 Å². The van der Waals surface area contributed by atoms with E-state index in [1.165, 1.54) is 6.07 Å². The highest BCUT2D eigenvalue weighted by Crippen LogP contribution is 2.21. The van der Waals surface area contributed by atoms with Gasteiger partial charge in [-0.15, -0.1) is 0 Å². The maximum Gasteiger partial charge on any atom is 0.241 e. The van der Waals surface area contributed by atoms with E-state index in [1.54, 1.807) is 36.4 Å². The van der Waals surface area contributed by atoms with E-state index in [2.05, 4.69) is 10.2 Å².